The maximum Gasteiger partial charge on any atom is 0.407 e. The van der Waals surface area contributed by atoms with Gasteiger partial charge in [0.2, 0.25) is 5.91 Å². The number of hydrogen-bond donors (Lipinski definition) is 4. The highest BCUT2D eigenvalue weighted by atomic mass is 16.6. The minimum atomic E-state index is -1.08. The highest BCUT2D eigenvalue weighted by molar-refractivity contribution is 5.80. The number of alkyl carbamates (subject to hydrolysis) is 1. The lowest BCUT2D eigenvalue weighted by atomic mass is 9.88. The predicted octanol–water partition coefficient (Wildman–Crippen LogP) is 4.22. The van der Waals surface area contributed by atoms with E-state index in [1.54, 1.807) is 20.8 Å². The van der Waals surface area contributed by atoms with Crippen molar-refractivity contribution < 1.29 is 34.0 Å². The number of aliphatic hydroxyl groups excluding tert-OH is 2. The molecular weight excluding hydrogens is 622 g/mol. The average Bonchev–Trinajstić information content (AvgIpc) is 3.39. The molecule has 5 rings (SSSR count). The number of carbonyl (C=O) groups is 2. The fourth-order valence-corrected chi connectivity index (χ4v) is 6.49. The molecule has 10 nitrogen and oxygen atoms in total. The first kappa shape index (κ1) is 36.3. The number of ether oxygens (including phenoxy) is 3. The molecule has 1 aliphatic heterocycles. The second-order valence-corrected chi connectivity index (χ2v) is 14.0. The second kappa shape index (κ2) is 17.1. The van der Waals surface area contributed by atoms with Crippen LogP contribution >= 0.6 is 0 Å². The van der Waals surface area contributed by atoms with Crippen molar-refractivity contribution in [2.75, 3.05) is 39.5 Å². The Hall–Kier alpha value is -3.96. The molecule has 0 unspecified atom stereocenters. The zero-order chi connectivity index (χ0) is 34.8. The molecule has 3 aromatic carbocycles. The third-order valence-electron chi connectivity index (χ3n) is 9.05. The Labute approximate surface area is 289 Å². The number of hydrogen-bond acceptors (Lipinski definition) is 8. The molecule has 2 amide bonds. The molecular formula is C39H51N3O7. The molecule has 1 fully saturated rings. The van der Waals surface area contributed by atoms with E-state index < -0.39 is 41.9 Å². The Morgan fingerprint density at radius 2 is 1.61 bits per heavy atom. The van der Waals surface area contributed by atoms with Gasteiger partial charge >= 0.3 is 6.09 Å². The summed E-state index contributed by atoms with van der Waals surface area (Å²) in [5.41, 5.74) is 3.02. The van der Waals surface area contributed by atoms with Crippen LogP contribution in [0.2, 0.25) is 0 Å². The summed E-state index contributed by atoms with van der Waals surface area (Å²) in [5.74, 6) is -0.198. The molecule has 49 heavy (non-hydrogen) atoms. The largest absolute Gasteiger partial charge is 0.492 e. The van der Waals surface area contributed by atoms with Crippen LogP contribution in [-0.2, 0) is 33.5 Å². The highest BCUT2D eigenvalue weighted by Gasteiger charge is 2.35. The fourth-order valence-electron chi connectivity index (χ4n) is 6.49. The number of morpholine rings is 1. The summed E-state index contributed by atoms with van der Waals surface area (Å²) >= 11 is 0. The van der Waals surface area contributed by atoms with Crippen LogP contribution in [0, 0.1) is 5.92 Å². The van der Waals surface area contributed by atoms with Crippen molar-refractivity contribution in [2.24, 2.45) is 5.92 Å². The lowest BCUT2D eigenvalue weighted by Gasteiger charge is -2.30. The number of carbonyl (C=O) groups excluding carboxylic acids is 2. The van der Waals surface area contributed by atoms with Crippen LogP contribution in [0.3, 0.4) is 0 Å². The van der Waals surface area contributed by atoms with Gasteiger partial charge in [-0.3, -0.25) is 9.69 Å². The van der Waals surface area contributed by atoms with Crippen molar-refractivity contribution in [2.45, 2.75) is 76.3 Å². The number of fused-ring (bicyclic) bond motifs is 1. The lowest BCUT2D eigenvalue weighted by Crippen LogP contribution is -2.48. The van der Waals surface area contributed by atoms with Gasteiger partial charge in [-0.15, -0.1) is 0 Å². The molecule has 1 aliphatic carbocycles. The molecule has 4 N–H and O–H groups in total. The number of aliphatic hydroxyl groups is 2. The Morgan fingerprint density at radius 1 is 0.939 bits per heavy atom. The van der Waals surface area contributed by atoms with Crippen LogP contribution in [0.1, 0.15) is 55.5 Å². The van der Waals surface area contributed by atoms with Crippen LogP contribution in [0.15, 0.2) is 78.9 Å². The van der Waals surface area contributed by atoms with Crippen molar-refractivity contribution in [3.8, 4) is 5.75 Å². The molecule has 264 valence electrons. The molecule has 5 atom stereocenters. The van der Waals surface area contributed by atoms with E-state index in [1.165, 1.54) is 0 Å². The number of nitrogens with one attached hydrogen (secondary N) is 2. The molecule has 0 spiro atoms. The van der Waals surface area contributed by atoms with E-state index in [0.29, 0.717) is 25.9 Å². The van der Waals surface area contributed by atoms with Crippen LogP contribution in [-0.4, -0.2) is 90.4 Å². The third kappa shape index (κ3) is 11.0. The highest BCUT2D eigenvalue weighted by Crippen LogP contribution is 2.32. The quantitative estimate of drug-likeness (QED) is 0.200. The minimum absolute atomic E-state index is 0.0708. The SMILES string of the molecule is CC(C)(C)OC(=O)N[C@H](Cc1ccccc1)[C@@H](O)C[C@@H](Cc1ccc(OCCN2CCOCC2)cc1)C(=O)N[C@H]1c2ccccc2C[C@H]1O. The molecule has 0 saturated carbocycles. The van der Waals surface area contributed by atoms with Crippen molar-refractivity contribution in [3.63, 3.8) is 0 Å². The normalized spacial score (nSPS) is 19.7. The van der Waals surface area contributed by atoms with Crippen LogP contribution in [0.4, 0.5) is 4.79 Å². The number of amides is 2. The van der Waals surface area contributed by atoms with Gasteiger partial charge in [0.1, 0.15) is 18.0 Å². The van der Waals surface area contributed by atoms with Gasteiger partial charge < -0.3 is 35.1 Å². The summed E-state index contributed by atoms with van der Waals surface area (Å²) < 4.78 is 16.9. The van der Waals surface area contributed by atoms with Gasteiger partial charge in [-0.05, 0) is 74.4 Å². The Balaban J connectivity index is 1.31. The van der Waals surface area contributed by atoms with Crippen molar-refractivity contribution in [1.29, 1.82) is 0 Å². The molecule has 3 aromatic rings. The van der Waals surface area contributed by atoms with Crippen LogP contribution in [0.25, 0.3) is 0 Å². The summed E-state index contributed by atoms with van der Waals surface area (Å²) in [7, 11) is 0. The summed E-state index contributed by atoms with van der Waals surface area (Å²) in [6.45, 7) is 10.0. The molecule has 1 heterocycles. The zero-order valence-corrected chi connectivity index (χ0v) is 28.8. The van der Waals surface area contributed by atoms with E-state index >= 15 is 0 Å². The standard InChI is InChI=1S/C39H51N3O7/c1-39(2,3)49-38(46)40-33(24-27-9-5-4-6-10-27)34(43)26-30(37(45)41-36-32-12-8-7-11-29(32)25-35(36)44)23-28-13-15-31(16-14-28)48-22-19-42-17-20-47-21-18-42/h4-16,30,33-36,43-44H,17-26H2,1-3H3,(H,40,46)(H,41,45)/t30-,33-,34+,35-,36+/m1/s1. The summed E-state index contributed by atoms with van der Waals surface area (Å²) in [5, 5.41) is 28.6. The summed E-state index contributed by atoms with van der Waals surface area (Å²) in [6, 6.07) is 23.7. The van der Waals surface area contributed by atoms with Crippen LogP contribution < -0.4 is 15.4 Å². The van der Waals surface area contributed by atoms with Gasteiger partial charge in [0.25, 0.3) is 0 Å². The van der Waals surface area contributed by atoms with Gasteiger partial charge in [0.05, 0.1) is 37.5 Å². The molecule has 0 radical (unpaired) electrons. The molecule has 2 aliphatic rings. The van der Waals surface area contributed by atoms with Crippen molar-refractivity contribution in [3.05, 3.63) is 101 Å². The first-order chi connectivity index (χ1) is 23.5. The van der Waals surface area contributed by atoms with Crippen molar-refractivity contribution in [1.82, 2.24) is 15.5 Å². The molecule has 1 saturated heterocycles. The predicted molar refractivity (Wildman–Crippen MR) is 187 cm³/mol. The molecule has 10 heteroatoms. The topological polar surface area (TPSA) is 130 Å². The van der Waals surface area contributed by atoms with E-state index in [4.69, 9.17) is 14.2 Å². The summed E-state index contributed by atoms with van der Waals surface area (Å²) in [4.78, 5) is 29.3. The number of benzene rings is 3. The first-order valence-corrected chi connectivity index (χ1v) is 17.3. The maximum atomic E-state index is 14.1. The van der Waals surface area contributed by atoms with Gasteiger partial charge in [0.15, 0.2) is 0 Å². The van der Waals surface area contributed by atoms with Crippen molar-refractivity contribution >= 4 is 12.0 Å². The van der Waals surface area contributed by atoms with Gasteiger partial charge in [-0.1, -0.05) is 66.7 Å². The van der Waals surface area contributed by atoms with Crippen LogP contribution in [0.5, 0.6) is 5.75 Å². The van der Waals surface area contributed by atoms with Gasteiger partial charge in [0, 0.05) is 32.0 Å². The van der Waals surface area contributed by atoms with Gasteiger partial charge in [-0.25, -0.2) is 4.79 Å². The fraction of sp³-hybridized carbons (Fsp3) is 0.487. The third-order valence-corrected chi connectivity index (χ3v) is 9.05. The Kier molecular flexibility index (Phi) is 12.7. The number of nitrogens with zero attached hydrogens (tertiary/aromatic N) is 1. The monoisotopic (exact) mass is 673 g/mol. The summed E-state index contributed by atoms with van der Waals surface area (Å²) in [6.07, 6.45) is -1.25. The Morgan fingerprint density at radius 3 is 2.33 bits per heavy atom. The van der Waals surface area contributed by atoms with E-state index in [2.05, 4.69) is 15.5 Å². The van der Waals surface area contributed by atoms with E-state index in [0.717, 1.165) is 60.9 Å². The average molecular weight is 674 g/mol. The first-order valence-electron chi connectivity index (χ1n) is 17.3. The van der Waals surface area contributed by atoms with E-state index in [1.807, 2.05) is 78.9 Å². The Bertz CT molecular complexity index is 1490. The maximum absolute atomic E-state index is 14.1. The van der Waals surface area contributed by atoms with Gasteiger partial charge in [-0.2, -0.15) is 0 Å². The second-order valence-electron chi connectivity index (χ2n) is 14.0. The zero-order valence-electron chi connectivity index (χ0n) is 28.8. The molecule has 0 bridgehead atoms. The molecule has 0 aromatic heterocycles. The van der Waals surface area contributed by atoms with E-state index in [9.17, 15) is 19.8 Å². The minimum Gasteiger partial charge on any atom is -0.492 e. The smallest absolute Gasteiger partial charge is 0.407 e. The van der Waals surface area contributed by atoms with E-state index in [-0.39, 0.29) is 12.3 Å². The lowest BCUT2D eigenvalue weighted by molar-refractivity contribution is -0.127. The number of rotatable bonds is 14.